The molecule has 0 spiro atoms. The molecule has 2 aromatic carbocycles. The lowest BCUT2D eigenvalue weighted by molar-refractivity contribution is 0.191. The van der Waals surface area contributed by atoms with Crippen LogP contribution in [-0.4, -0.2) is 5.11 Å². The molecule has 0 radical (unpaired) electrons. The number of aliphatic hydroxyl groups excluding tert-OH is 1. The van der Waals surface area contributed by atoms with E-state index in [9.17, 15) is 5.11 Å². The van der Waals surface area contributed by atoms with E-state index in [2.05, 4.69) is 0 Å². The predicted octanol–water partition coefficient (Wildman–Crippen LogP) is 5.13. The van der Waals surface area contributed by atoms with Gasteiger partial charge in [0.25, 0.3) is 0 Å². The Morgan fingerprint density at radius 3 is 2.45 bits per heavy atom. The van der Waals surface area contributed by atoms with Gasteiger partial charge in [0.05, 0.1) is 0 Å². The number of fused-ring (bicyclic) bond motifs is 1. The first kappa shape index (κ1) is 13.5. The van der Waals surface area contributed by atoms with E-state index in [1.807, 2.05) is 25.1 Å². The van der Waals surface area contributed by atoms with Crippen molar-refractivity contribution in [2.24, 2.45) is 0 Å². The molecule has 4 heteroatoms. The van der Waals surface area contributed by atoms with E-state index in [0.29, 0.717) is 21.4 Å². The zero-order chi connectivity index (χ0) is 14.3. The average molecular weight is 307 g/mol. The Kier molecular flexibility index (Phi) is 3.47. The lowest BCUT2D eigenvalue weighted by Crippen LogP contribution is -2.00. The minimum atomic E-state index is -0.821. The number of benzene rings is 2. The maximum absolute atomic E-state index is 10.5. The Balaban J connectivity index is 2.05. The van der Waals surface area contributed by atoms with Gasteiger partial charge in [-0.15, -0.1) is 0 Å². The van der Waals surface area contributed by atoms with Gasteiger partial charge in [-0.3, -0.25) is 0 Å². The molecule has 2 nitrogen and oxygen atoms in total. The molecule has 0 amide bonds. The van der Waals surface area contributed by atoms with E-state index in [-0.39, 0.29) is 0 Å². The van der Waals surface area contributed by atoms with Gasteiger partial charge >= 0.3 is 0 Å². The van der Waals surface area contributed by atoms with Crippen molar-refractivity contribution in [3.8, 4) is 0 Å². The molecular weight excluding hydrogens is 295 g/mol. The summed E-state index contributed by atoms with van der Waals surface area (Å²) in [5.74, 6) is 0.493. The number of hydrogen-bond donors (Lipinski definition) is 1. The van der Waals surface area contributed by atoms with Gasteiger partial charge in [-0.25, -0.2) is 0 Å². The molecule has 0 fully saturated rings. The maximum Gasteiger partial charge on any atom is 0.138 e. The summed E-state index contributed by atoms with van der Waals surface area (Å²) in [7, 11) is 0. The number of aryl methyl sites for hydroxylation is 1. The van der Waals surface area contributed by atoms with Crippen LogP contribution in [0.1, 0.15) is 23.0 Å². The minimum absolute atomic E-state index is 0.493. The third kappa shape index (κ3) is 2.42. The molecule has 0 bridgehead atoms. The molecule has 0 aliphatic rings. The molecule has 3 aromatic rings. The van der Waals surface area contributed by atoms with Crippen LogP contribution in [0.3, 0.4) is 0 Å². The molecule has 20 heavy (non-hydrogen) atoms. The van der Waals surface area contributed by atoms with Gasteiger partial charge in [0, 0.05) is 15.4 Å². The highest BCUT2D eigenvalue weighted by Gasteiger charge is 2.17. The monoisotopic (exact) mass is 306 g/mol. The summed E-state index contributed by atoms with van der Waals surface area (Å²) in [4.78, 5) is 0. The van der Waals surface area contributed by atoms with Crippen LogP contribution in [0.2, 0.25) is 10.0 Å². The van der Waals surface area contributed by atoms with Gasteiger partial charge in [0.2, 0.25) is 0 Å². The largest absolute Gasteiger partial charge is 0.458 e. The van der Waals surface area contributed by atoms with Crippen molar-refractivity contribution in [2.45, 2.75) is 13.0 Å². The van der Waals surface area contributed by atoms with Crippen molar-refractivity contribution < 1.29 is 9.52 Å². The highest BCUT2D eigenvalue weighted by molar-refractivity contribution is 6.31. The Labute approximate surface area is 126 Å². The summed E-state index contributed by atoms with van der Waals surface area (Å²) in [6, 6.07) is 12.6. The Morgan fingerprint density at radius 1 is 1.00 bits per heavy atom. The standard InChI is InChI=1S/C16H12Cl2O2/c1-9-6-11(17)2-4-13(9)16(19)15-8-10-7-12(18)3-5-14(10)20-15/h2-8,16,19H,1H3. The number of furan rings is 1. The summed E-state index contributed by atoms with van der Waals surface area (Å²) in [5.41, 5.74) is 2.40. The van der Waals surface area contributed by atoms with E-state index in [4.69, 9.17) is 27.6 Å². The van der Waals surface area contributed by atoms with Crippen LogP contribution in [0.25, 0.3) is 11.0 Å². The van der Waals surface area contributed by atoms with Crippen molar-refractivity contribution >= 4 is 34.2 Å². The van der Waals surface area contributed by atoms with Crippen LogP contribution >= 0.6 is 23.2 Å². The third-order valence-electron chi connectivity index (χ3n) is 3.29. The lowest BCUT2D eigenvalue weighted by atomic mass is 10.0. The van der Waals surface area contributed by atoms with Crippen molar-refractivity contribution in [3.05, 3.63) is 69.4 Å². The SMILES string of the molecule is Cc1cc(Cl)ccc1C(O)c1cc2cc(Cl)ccc2o1. The summed E-state index contributed by atoms with van der Waals surface area (Å²) in [5, 5.41) is 12.6. The Morgan fingerprint density at radius 2 is 1.70 bits per heavy atom. The molecule has 3 rings (SSSR count). The average Bonchev–Trinajstić information content (AvgIpc) is 2.81. The second-order valence-electron chi connectivity index (χ2n) is 4.73. The van der Waals surface area contributed by atoms with Crippen LogP contribution in [0.15, 0.2) is 46.9 Å². The van der Waals surface area contributed by atoms with E-state index in [1.54, 1.807) is 24.3 Å². The minimum Gasteiger partial charge on any atom is -0.458 e. The number of rotatable bonds is 2. The van der Waals surface area contributed by atoms with Crippen molar-refractivity contribution in [3.63, 3.8) is 0 Å². The smallest absolute Gasteiger partial charge is 0.138 e. The first-order valence-electron chi connectivity index (χ1n) is 6.18. The zero-order valence-corrected chi connectivity index (χ0v) is 12.2. The Bertz CT molecular complexity index is 777. The number of hydrogen-bond acceptors (Lipinski definition) is 2. The third-order valence-corrected chi connectivity index (χ3v) is 3.76. The van der Waals surface area contributed by atoms with E-state index >= 15 is 0 Å². The predicted molar refractivity (Wildman–Crippen MR) is 81.5 cm³/mol. The highest BCUT2D eigenvalue weighted by Crippen LogP contribution is 2.31. The lowest BCUT2D eigenvalue weighted by Gasteiger charge is -2.11. The molecule has 1 unspecified atom stereocenters. The summed E-state index contributed by atoms with van der Waals surface area (Å²) in [6.45, 7) is 1.91. The summed E-state index contributed by atoms with van der Waals surface area (Å²) >= 11 is 11.9. The zero-order valence-electron chi connectivity index (χ0n) is 10.7. The van der Waals surface area contributed by atoms with Crippen molar-refractivity contribution in [1.29, 1.82) is 0 Å². The molecule has 1 N–H and O–H groups in total. The van der Waals surface area contributed by atoms with Gasteiger partial charge in [-0.1, -0.05) is 29.3 Å². The first-order valence-corrected chi connectivity index (χ1v) is 6.93. The van der Waals surface area contributed by atoms with Crippen LogP contribution in [-0.2, 0) is 0 Å². The van der Waals surface area contributed by atoms with Crippen LogP contribution in [0.4, 0.5) is 0 Å². The van der Waals surface area contributed by atoms with E-state index < -0.39 is 6.10 Å². The summed E-state index contributed by atoms with van der Waals surface area (Å²) < 4.78 is 5.68. The second-order valence-corrected chi connectivity index (χ2v) is 5.61. The quantitative estimate of drug-likeness (QED) is 0.712. The van der Waals surface area contributed by atoms with Crippen LogP contribution < -0.4 is 0 Å². The highest BCUT2D eigenvalue weighted by atomic mass is 35.5. The molecule has 0 saturated heterocycles. The van der Waals surface area contributed by atoms with Crippen LogP contribution in [0.5, 0.6) is 0 Å². The van der Waals surface area contributed by atoms with E-state index in [1.165, 1.54) is 0 Å². The fraction of sp³-hybridized carbons (Fsp3) is 0.125. The van der Waals surface area contributed by atoms with Gasteiger partial charge in [0.15, 0.2) is 0 Å². The van der Waals surface area contributed by atoms with Crippen molar-refractivity contribution in [2.75, 3.05) is 0 Å². The molecule has 1 aromatic heterocycles. The fourth-order valence-corrected chi connectivity index (χ4v) is 2.68. The van der Waals surface area contributed by atoms with Gasteiger partial charge in [-0.2, -0.15) is 0 Å². The van der Waals surface area contributed by atoms with Gasteiger partial charge < -0.3 is 9.52 Å². The maximum atomic E-state index is 10.5. The first-order chi connectivity index (χ1) is 9.54. The van der Waals surface area contributed by atoms with Crippen LogP contribution in [0, 0.1) is 6.92 Å². The Hall–Kier alpha value is -1.48. The topological polar surface area (TPSA) is 33.4 Å². The molecule has 0 saturated carbocycles. The molecule has 102 valence electrons. The second kappa shape index (κ2) is 5.13. The molecule has 0 aliphatic heterocycles. The molecule has 1 atom stereocenters. The molecule has 0 aliphatic carbocycles. The van der Waals surface area contributed by atoms with E-state index in [0.717, 1.165) is 16.5 Å². The summed E-state index contributed by atoms with van der Waals surface area (Å²) in [6.07, 6.45) is -0.821. The molecular formula is C16H12Cl2O2. The number of halogens is 2. The molecule has 1 heterocycles. The van der Waals surface area contributed by atoms with Gasteiger partial charge in [-0.05, 0) is 54.4 Å². The fourth-order valence-electron chi connectivity index (χ4n) is 2.27. The van der Waals surface area contributed by atoms with Crippen molar-refractivity contribution in [1.82, 2.24) is 0 Å². The number of aliphatic hydroxyl groups is 1. The van der Waals surface area contributed by atoms with Gasteiger partial charge in [0.1, 0.15) is 17.4 Å². The normalized spacial score (nSPS) is 12.8.